The van der Waals surface area contributed by atoms with E-state index in [9.17, 15) is 4.79 Å². The molecule has 0 aliphatic rings. The fraction of sp³-hybridized carbons (Fsp3) is 0.222. The minimum atomic E-state index is -0.160. The van der Waals surface area contributed by atoms with Crippen LogP contribution >= 0.6 is 0 Å². The third kappa shape index (κ3) is 3.18. The number of hydrogen-bond acceptors (Lipinski definition) is 3. The number of nitrogens with one attached hydrogen (secondary N) is 1. The number of aryl methyl sites for hydroxylation is 1. The Morgan fingerprint density at radius 1 is 1.22 bits per heavy atom. The quantitative estimate of drug-likeness (QED) is 0.801. The Hall–Kier alpha value is -2.82. The Balaban J connectivity index is 2.10. The second kappa shape index (κ2) is 6.12. The van der Waals surface area contributed by atoms with Crippen molar-refractivity contribution in [2.75, 3.05) is 0 Å². The molecule has 0 bridgehead atoms. The van der Waals surface area contributed by atoms with Crippen molar-refractivity contribution < 1.29 is 9.21 Å². The van der Waals surface area contributed by atoms with Crippen molar-refractivity contribution in [2.45, 2.75) is 26.8 Å². The predicted octanol–water partition coefficient (Wildman–Crippen LogP) is 3.58. The van der Waals surface area contributed by atoms with Crippen molar-refractivity contribution in [1.82, 2.24) is 15.1 Å². The highest BCUT2D eigenvalue weighted by molar-refractivity contribution is 5.94. The second-order valence-corrected chi connectivity index (χ2v) is 5.77. The number of amides is 1. The molecular weight excluding hydrogens is 290 g/mol. The lowest BCUT2D eigenvalue weighted by Crippen LogP contribution is -2.31. The van der Waals surface area contributed by atoms with Gasteiger partial charge in [0.15, 0.2) is 5.76 Å². The smallest absolute Gasteiger partial charge is 0.270 e. The molecule has 0 radical (unpaired) electrons. The van der Waals surface area contributed by atoms with E-state index in [1.165, 1.54) is 0 Å². The van der Waals surface area contributed by atoms with E-state index < -0.39 is 0 Å². The van der Waals surface area contributed by atoms with Gasteiger partial charge in [-0.05, 0) is 50.6 Å². The first-order chi connectivity index (χ1) is 11.0. The highest BCUT2D eigenvalue weighted by atomic mass is 16.3. The average molecular weight is 309 g/mol. The lowest BCUT2D eigenvalue weighted by atomic mass is 10.2. The Labute approximate surface area is 134 Å². The molecule has 1 N–H and O–H groups in total. The first-order valence-corrected chi connectivity index (χ1v) is 7.56. The average Bonchev–Trinajstić information content (AvgIpc) is 3.16. The van der Waals surface area contributed by atoms with Crippen LogP contribution < -0.4 is 5.32 Å². The lowest BCUT2D eigenvalue weighted by molar-refractivity contribution is 0.0935. The number of hydrogen-bond donors (Lipinski definition) is 1. The van der Waals surface area contributed by atoms with Crippen LogP contribution in [0.4, 0.5) is 0 Å². The molecule has 5 nitrogen and oxygen atoms in total. The molecule has 1 aromatic carbocycles. The molecule has 2 heterocycles. The third-order valence-electron chi connectivity index (χ3n) is 3.38. The van der Waals surface area contributed by atoms with Gasteiger partial charge < -0.3 is 9.73 Å². The zero-order chi connectivity index (χ0) is 16.4. The fourth-order valence-electron chi connectivity index (χ4n) is 2.38. The fourth-order valence-corrected chi connectivity index (χ4v) is 2.38. The van der Waals surface area contributed by atoms with E-state index in [2.05, 4.69) is 10.4 Å². The van der Waals surface area contributed by atoms with Crippen LogP contribution in [0.25, 0.3) is 17.1 Å². The highest BCUT2D eigenvalue weighted by Crippen LogP contribution is 2.22. The second-order valence-electron chi connectivity index (χ2n) is 5.77. The summed E-state index contributed by atoms with van der Waals surface area (Å²) in [6.07, 6.45) is 1.59. The van der Waals surface area contributed by atoms with Gasteiger partial charge in [-0.3, -0.25) is 4.79 Å². The largest absolute Gasteiger partial charge is 0.463 e. The van der Waals surface area contributed by atoms with Crippen LogP contribution in [0.2, 0.25) is 0 Å². The maximum Gasteiger partial charge on any atom is 0.270 e. The van der Waals surface area contributed by atoms with E-state index in [0.717, 1.165) is 11.3 Å². The molecule has 0 spiro atoms. The van der Waals surface area contributed by atoms with Crippen LogP contribution in [0.15, 0.2) is 53.1 Å². The molecule has 0 saturated carbocycles. The summed E-state index contributed by atoms with van der Waals surface area (Å²) in [6.45, 7) is 5.87. The number of carbonyl (C=O) groups is 1. The molecule has 23 heavy (non-hydrogen) atoms. The molecule has 0 aliphatic heterocycles. The predicted molar refractivity (Wildman–Crippen MR) is 88.6 cm³/mol. The minimum absolute atomic E-state index is 0.0513. The molecule has 118 valence electrons. The van der Waals surface area contributed by atoms with Crippen LogP contribution in [0.5, 0.6) is 0 Å². The lowest BCUT2D eigenvalue weighted by Gasteiger charge is -2.10. The van der Waals surface area contributed by atoms with Crippen LogP contribution in [-0.4, -0.2) is 21.7 Å². The first-order valence-electron chi connectivity index (χ1n) is 7.56. The number of nitrogens with zero attached hydrogens (tertiary/aromatic N) is 2. The number of aromatic nitrogens is 2. The van der Waals surface area contributed by atoms with Gasteiger partial charge in [0.05, 0.1) is 12.0 Å². The van der Waals surface area contributed by atoms with Crippen molar-refractivity contribution >= 4 is 5.91 Å². The summed E-state index contributed by atoms with van der Waals surface area (Å²) in [5, 5.41) is 7.47. The number of rotatable bonds is 4. The van der Waals surface area contributed by atoms with Gasteiger partial charge in [-0.25, -0.2) is 4.68 Å². The molecular formula is C18H19N3O2. The van der Waals surface area contributed by atoms with Gasteiger partial charge >= 0.3 is 0 Å². The van der Waals surface area contributed by atoms with Gasteiger partial charge in [0.25, 0.3) is 5.91 Å². The molecule has 5 heteroatoms. The van der Waals surface area contributed by atoms with Gasteiger partial charge in [0, 0.05) is 12.1 Å². The zero-order valence-electron chi connectivity index (χ0n) is 13.4. The summed E-state index contributed by atoms with van der Waals surface area (Å²) in [7, 11) is 0. The van der Waals surface area contributed by atoms with E-state index in [-0.39, 0.29) is 11.9 Å². The summed E-state index contributed by atoms with van der Waals surface area (Å²) in [6, 6.07) is 13.3. The number of benzene rings is 1. The maximum absolute atomic E-state index is 12.5. The van der Waals surface area contributed by atoms with E-state index in [1.54, 1.807) is 23.1 Å². The van der Waals surface area contributed by atoms with Crippen LogP contribution in [-0.2, 0) is 0 Å². The molecule has 0 unspecified atom stereocenters. The molecule has 3 rings (SSSR count). The minimum Gasteiger partial charge on any atom is -0.463 e. The van der Waals surface area contributed by atoms with Crippen LogP contribution in [0.3, 0.4) is 0 Å². The summed E-state index contributed by atoms with van der Waals surface area (Å²) in [5.41, 5.74) is 3.06. The molecule has 0 atom stereocenters. The van der Waals surface area contributed by atoms with Crippen molar-refractivity contribution in [3.05, 3.63) is 60.0 Å². The Morgan fingerprint density at radius 2 is 2.04 bits per heavy atom. The summed E-state index contributed by atoms with van der Waals surface area (Å²) >= 11 is 0. The molecule has 1 amide bonds. The Morgan fingerprint density at radius 3 is 2.70 bits per heavy atom. The standard InChI is InChI=1S/C18H19N3O2/c1-12(2)19-18(22)16-11-15(17-8-5-9-23-17)20-21(16)14-7-4-6-13(3)10-14/h4-12H,1-3H3,(H,19,22). The summed E-state index contributed by atoms with van der Waals surface area (Å²) in [4.78, 5) is 12.5. The molecule has 0 aliphatic carbocycles. The summed E-state index contributed by atoms with van der Waals surface area (Å²) in [5.74, 6) is 0.474. The van der Waals surface area contributed by atoms with Gasteiger partial charge in [0.1, 0.15) is 11.4 Å². The van der Waals surface area contributed by atoms with E-state index in [4.69, 9.17) is 4.42 Å². The van der Waals surface area contributed by atoms with Crippen molar-refractivity contribution in [3.63, 3.8) is 0 Å². The van der Waals surface area contributed by atoms with E-state index >= 15 is 0 Å². The van der Waals surface area contributed by atoms with Crippen molar-refractivity contribution in [2.24, 2.45) is 0 Å². The monoisotopic (exact) mass is 309 g/mol. The summed E-state index contributed by atoms with van der Waals surface area (Å²) < 4.78 is 7.06. The number of furan rings is 1. The highest BCUT2D eigenvalue weighted by Gasteiger charge is 2.19. The SMILES string of the molecule is Cc1cccc(-n2nc(-c3ccco3)cc2C(=O)NC(C)C)c1. The maximum atomic E-state index is 12.5. The van der Waals surface area contributed by atoms with Gasteiger partial charge in [-0.1, -0.05) is 12.1 Å². The Bertz CT molecular complexity index is 817. The van der Waals surface area contributed by atoms with Gasteiger partial charge in [-0.15, -0.1) is 0 Å². The number of carbonyl (C=O) groups excluding carboxylic acids is 1. The van der Waals surface area contributed by atoms with Crippen molar-refractivity contribution in [1.29, 1.82) is 0 Å². The third-order valence-corrected chi connectivity index (χ3v) is 3.38. The molecule has 0 saturated heterocycles. The zero-order valence-corrected chi connectivity index (χ0v) is 13.4. The first kappa shape index (κ1) is 15.1. The van der Waals surface area contributed by atoms with E-state index in [0.29, 0.717) is 17.1 Å². The van der Waals surface area contributed by atoms with Crippen LogP contribution in [0, 0.1) is 6.92 Å². The van der Waals surface area contributed by atoms with Crippen LogP contribution in [0.1, 0.15) is 29.9 Å². The molecule has 2 aromatic heterocycles. The normalized spacial score (nSPS) is 11.0. The van der Waals surface area contributed by atoms with E-state index in [1.807, 2.05) is 51.1 Å². The van der Waals surface area contributed by atoms with Crippen molar-refractivity contribution in [3.8, 4) is 17.1 Å². The van der Waals surface area contributed by atoms with Gasteiger partial charge in [0.2, 0.25) is 0 Å². The topological polar surface area (TPSA) is 60.1 Å². The van der Waals surface area contributed by atoms with Gasteiger partial charge in [-0.2, -0.15) is 5.10 Å². The molecule has 0 fully saturated rings. The Kier molecular flexibility index (Phi) is 4.02. The molecule has 3 aromatic rings.